The van der Waals surface area contributed by atoms with Crippen molar-refractivity contribution in [3.63, 3.8) is 0 Å². The molecule has 0 saturated heterocycles. The fraction of sp³-hybridized carbons (Fsp3) is 0.227. The predicted octanol–water partition coefficient (Wildman–Crippen LogP) is 4.35. The number of carbonyl (C=O) groups is 2. The summed E-state index contributed by atoms with van der Waals surface area (Å²) >= 11 is 0. The molecule has 0 aromatic carbocycles. The normalized spacial score (nSPS) is 11.2. The van der Waals surface area contributed by atoms with E-state index in [0.29, 0.717) is 17.9 Å². The van der Waals surface area contributed by atoms with Crippen LogP contribution in [0.15, 0.2) is 43.0 Å². The van der Waals surface area contributed by atoms with E-state index in [0.717, 1.165) is 44.6 Å². The summed E-state index contributed by atoms with van der Waals surface area (Å²) in [4.78, 5) is 37.7. The number of carbonyl (C=O) groups excluding carboxylic acids is 1. The minimum atomic E-state index is -1.08. The summed E-state index contributed by atoms with van der Waals surface area (Å²) in [6.45, 7) is 3.92. The number of imidazole rings is 1. The molecule has 0 aliphatic heterocycles. The van der Waals surface area contributed by atoms with Gasteiger partial charge < -0.3 is 5.11 Å². The van der Waals surface area contributed by atoms with Crippen LogP contribution in [0.1, 0.15) is 35.8 Å². The summed E-state index contributed by atoms with van der Waals surface area (Å²) in [6, 6.07) is 5.51. The van der Waals surface area contributed by atoms with E-state index >= 15 is 0 Å². The Labute approximate surface area is 172 Å². The second-order valence-corrected chi connectivity index (χ2v) is 7.18. The second kappa shape index (κ2) is 7.55. The van der Waals surface area contributed by atoms with Gasteiger partial charge in [0.15, 0.2) is 5.78 Å². The monoisotopic (exact) mass is 403 g/mol. The number of anilines is 1. The number of pyridine rings is 3. The van der Waals surface area contributed by atoms with Crippen molar-refractivity contribution < 1.29 is 14.7 Å². The Kier molecular flexibility index (Phi) is 4.91. The van der Waals surface area contributed by atoms with E-state index in [1.807, 2.05) is 36.6 Å². The van der Waals surface area contributed by atoms with Gasteiger partial charge in [0.2, 0.25) is 0 Å². The summed E-state index contributed by atoms with van der Waals surface area (Å²) in [5.41, 5.74) is 4.67. The second-order valence-electron chi connectivity index (χ2n) is 7.18. The van der Waals surface area contributed by atoms with Crippen molar-refractivity contribution in [2.24, 2.45) is 0 Å². The SMILES string of the molecule is CCCC(=O)c1cc(C)c(-c2cc3cnc(N(C)C(=O)O)cc3n3ccnc23)cn1. The molecule has 4 heterocycles. The molecular formula is C22H21N5O3. The van der Waals surface area contributed by atoms with Crippen LogP contribution in [0.3, 0.4) is 0 Å². The number of nitrogens with zero attached hydrogens (tertiary/aromatic N) is 5. The Morgan fingerprint density at radius 2 is 1.90 bits per heavy atom. The summed E-state index contributed by atoms with van der Waals surface area (Å²) in [6.07, 6.45) is 7.06. The number of amides is 1. The average Bonchev–Trinajstić information content (AvgIpc) is 3.23. The van der Waals surface area contributed by atoms with Gasteiger partial charge in [0.05, 0.1) is 5.52 Å². The molecule has 8 nitrogen and oxygen atoms in total. The molecule has 0 atom stereocenters. The lowest BCUT2D eigenvalue weighted by Crippen LogP contribution is -2.24. The van der Waals surface area contributed by atoms with Crippen LogP contribution < -0.4 is 4.90 Å². The number of hydrogen-bond donors (Lipinski definition) is 1. The molecule has 0 spiro atoms. The van der Waals surface area contributed by atoms with Crippen LogP contribution in [0.25, 0.3) is 27.7 Å². The van der Waals surface area contributed by atoms with Crippen LogP contribution in [-0.4, -0.2) is 43.4 Å². The highest BCUT2D eigenvalue weighted by Crippen LogP contribution is 2.31. The molecule has 0 bridgehead atoms. The minimum absolute atomic E-state index is 0.0379. The highest BCUT2D eigenvalue weighted by Gasteiger charge is 2.16. The number of carboxylic acid groups (broad SMARTS) is 1. The number of fused-ring (bicyclic) bond motifs is 3. The summed E-state index contributed by atoms with van der Waals surface area (Å²) < 4.78 is 1.90. The van der Waals surface area contributed by atoms with Gasteiger partial charge in [0.25, 0.3) is 0 Å². The number of aryl methyl sites for hydroxylation is 1. The van der Waals surface area contributed by atoms with Gasteiger partial charge in [-0.3, -0.25) is 19.1 Å². The zero-order valence-electron chi connectivity index (χ0n) is 17.0. The van der Waals surface area contributed by atoms with Gasteiger partial charge in [-0.2, -0.15) is 0 Å². The first-order chi connectivity index (χ1) is 14.4. The van der Waals surface area contributed by atoms with Gasteiger partial charge in [0, 0.05) is 60.8 Å². The summed E-state index contributed by atoms with van der Waals surface area (Å²) in [5, 5.41) is 10.1. The van der Waals surface area contributed by atoms with E-state index < -0.39 is 6.09 Å². The third kappa shape index (κ3) is 3.26. The van der Waals surface area contributed by atoms with Crippen molar-refractivity contribution in [1.29, 1.82) is 0 Å². The van der Waals surface area contributed by atoms with Crippen molar-refractivity contribution in [3.8, 4) is 11.1 Å². The molecule has 0 saturated carbocycles. The first-order valence-electron chi connectivity index (χ1n) is 9.63. The van der Waals surface area contributed by atoms with Gasteiger partial charge >= 0.3 is 6.09 Å². The van der Waals surface area contributed by atoms with E-state index in [1.54, 1.807) is 24.7 Å². The van der Waals surface area contributed by atoms with Crippen LogP contribution in [0, 0.1) is 6.92 Å². The van der Waals surface area contributed by atoms with Crippen molar-refractivity contribution in [2.45, 2.75) is 26.7 Å². The first-order valence-corrected chi connectivity index (χ1v) is 9.63. The molecule has 1 amide bonds. The third-order valence-corrected chi connectivity index (χ3v) is 5.13. The van der Waals surface area contributed by atoms with Crippen LogP contribution in [0.2, 0.25) is 0 Å². The maximum absolute atomic E-state index is 12.2. The number of hydrogen-bond acceptors (Lipinski definition) is 5. The molecule has 0 aliphatic rings. The predicted molar refractivity (Wildman–Crippen MR) is 114 cm³/mol. The van der Waals surface area contributed by atoms with Crippen molar-refractivity contribution in [2.75, 3.05) is 11.9 Å². The lowest BCUT2D eigenvalue weighted by molar-refractivity contribution is 0.0977. The van der Waals surface area contributed by atoms with Crippen LogP contribution in [0.5, 0.6) is 0 Å². The molecule has 4 rings (SSSR count). The topological polar surface area (TPSA) is 101 Å². The number of rotatable bonds is 5. The summed E-state index contributed by atoms with van der Waals surface area (Å²) in [5.74, 6) is 0.366. The Balaban J connectivity index is 1.88. The number of ketones is 1. The molecular weight excluding hydrogens is 382 g/mol. The van der Waals surface area contributed by atoms with Gasteiger partial charge in [-0.1, -0.05) is 6.92 Å². The van der Waals surface area contributed by atoms with Gasteiger partial charge in [0.1, 0.15) is 17.2 Å². The van der Waals surface area contributed by atoms with E-state index in [1.165, 1.54) is 7.05 Å². The zero-order valence-corrected chi connectivity index (χ0v) is 17.0. The van der Waals surface area contributed by atoms with Gasteiger partial charge in [-0.05, 0) is 31.0 Å². The van der Waals surface area contributed by atoms with Crippen LogP contribution >= 0.6 is 0 Å². The van der Waals surface area contributed by atoms with Crippen LogP contribution in [0.4, 0.5) is 10.6 Å². The molecule has 152 valence electrons. The molecule has 0 unspecified atom stereocenters. The molecule has 4 aromatic rings. The molecule has 8 heteroatoms. The highest BCUT2D eigenvalue weighted by molar-refractivity contribution is 5.97. The quantitative estimate of drug-likeness (QED) is 0.497. The van der Waals surface area contributed by atoms with E-state index in [9.17, 15) is 14.7 Å². The highest BCUT2D eigenvalue weighted by atomic mass is 16.4. The standard InChI is InChI=1S/C22H21N5O3/c1-4-5-19(28)17-8-13(2)16(12-24-17)15-9-14-11-25-20(26(3)22(29)30)10-18(14)27-7-6-23-21(15)27/h6-12H,4-5H2,1-3H3,(H,29,30). The molecule has 30 heavy (non-hydrogen) atoms. The number of aromatic nitrogens is 4. The van der Waals surface area contributed by atoms with E-state index in [2.05, 4.69) is 15.0 Å². The lowest BCUT2D eigenvalue weighted by Gasteiger charge is -2.15. The fourth-order valence-electron chi connectivity index (χ4n) is 3.51. The minimum Gasteiger partial charge on any atom is -0.465 e. The number of Topliss-reactive ketones (excluding diaryl/α,β-unsaturated/α-hetero) is 1. The van der Waals surface area contributed by atoms with Crippen LogP contribution in [-0.2, 0) is 0 Å². The smallest absolute Gasteiger partial charge is 0.412 e. The van der Waals surface area contributed by atoms with Crippen molar-refractivity contribution in [1.82, 2.24) is 19.4 Å². The van der Waals surface area contributed by atoms with Crippen molar-refractivity contribution in [3.05, 3.63) is 54.2 Å². The van der Waals surface area contributed by atoms with Crippen molar-refractivity contribution >= 4 is 34.2 Å². The van der Waals surface area contributed by atoms with E-state index in [4.69, 9.17) is 0 Å². The molecule has 0 aliphatic carbocycles. The Morgan fingerprint density at radius 3 is 2.60 bits per heavy atom. The Bertz CT molecular complexity index is 1290. The first kappa shape index (κ1) is 19.5. The van der Waals surface area contributed by atoms with Gasteiger partial charge in [-0.25, -0.2) is 14.8 Å². The Morgan fingerprint density at radius 1 is 1.10 bits per heavy atom. The Hall–Kier alpha value is -3.81. The maximum atomic E-state index is 12.2. The molecule has 4 aromatic heterocycles. The largest absolute Gasteiger partial charge is 0.465 e. The van der Waals surface area contributed by atoms with Gasteiger partial charge in [-0.15, -0.1) is 0 Å². The average molecular weight is 403 g/mol. The third-order valence-electron chi connectivity index (χ3n) is 5.13. The zero-order chi connectivity index (χ0) is 21.4. The molecule has 0 radical (unpaired) electrons. The molecule has 1 N–H and O–H groups in total. The maximum Gasteiger partial charge on any atom is 0.412 e. The van der Waals surface area contributed by atoms with E-state index in [-0.39, 0.29) is 5.78 Å². The molecule has 0 fully saturated rings. The summed E-state index contributed by atoms with van der Waals surface area (Å²) in [7, 11) is 1.45. The fourth-order valence-corrected chi connectivity index (χ4v) is 3.51. The lowest BCUT2D eigenvalue weighted by atomic mass is 10.0.